The minimum absolute atomic E-state index is 0.0668. The van der Waals surface area contributed by atoms with Gasteiger partial charge in [-0.3, -0.25) is 9.78 Å². The zero-order valence-corrected chi connectivity index (χ0v) is 10.2. The minimum atomic E-state index is -3.65. The van der Waals surface area contributed by atoms with Gasteiger partial charge < -0.3 is 5.11 Å². The maximum Gasteiger partial charge on any atom is 0.310 e. The van der Waals surface area contributed by atoms with Gasteiger partial charge in [0, 0.05) is 18.4 Å². The Morgan fingerprint density at radius 3 is 2.78 bits per heavy atom. The Labute approximate surface area is 104 Å². The normalized spacial score (nSPS) is 23.1. The zero-order valence-electron chi connectivity index (χ0n) is 9.35. The van der Waals surface area contributed by atoms with Crippen LogP contribution < -0.4 is 4.72 Å². The van der Waals surface area contributed by atoms with Crippen LogP contribution in [-0.4, -0.2) is 30.5 Å². The van der Waals surface area contributed by atoms with Crippen LogP contribution in [0, 0.1) is 5.92 Å². The first-order chi connectivity index (χ1) is 8.49. The number of nitrogens with zero attached hydrogens (tertiary/aromatic N) is 1. The van der Waals surface area contributed by atoms with Gasteiger partial charge in [0.15, 0.2) is 0 Å². The molecule has 0 saturated heterocycles. The van der Waals surface area contributed by atoms with E-state index in [0.717, 1.165) is 0 Å². The lowest BCUT2D eigenvalue weighted by atomic mass is 10.1. The SMILES string of the molecule is O=C(O)C1C=CC(NS(=O)(=O)c2cccnc2)C1. The van der Waals surface area contributed by atoms with Crippen molar-refractivity contribution >= 4 is 16.0 Å². The monoisotopic (exact) mass is 268 g/mol. The summed E-state index contributed by atoms with van der Waals surface area (Å²) in [5, 5.41) is 8.81. The van der Waals surface area contributed by atoms with E-state index in [1.165, 1.54) is 30.6 Å². The molecule has 6 nitrogen and oxygen atoms in total. The topological polar surface area (TPSA) is 96.4 Å². The van der Waals surface area contributed by atoms with Gasteiger partial charge in [0.05, 0.1) is 5.92 Å². The summed E-state index contributed by atoms with van der Waals surface area (Å²) in [4.78, 5) is 14.5. The highest BCUT2D eigenvalue weighted by atomic mass is 32.2. The van der Waals surface area contributed by atoms with Crippen LogP contribution >= 0.6 is 0 Å². The highest BCUT2D eigenvalue weighted by Crippen LogP contribution is 2.19. The van der Waals surface area contributed by atoms with Crippen LogP contribution in [0.4, 0.5) is 0 Å². The first-order valence-electron chi connectivity index (χ1n) is 5.32. The highest BCUT2D eigenvalue weighted by Gasteiger charge is 2.27. The van der Waals surface area contributed by atoms with E-state index in [-0.39, 0.29) is 11.3 Å². The van der Waals surface area contributed by atoms with Crippen molar-refractivity contribution in [1.29, 1.82) is 0 Å². The van der Waals surface area contributed by atoms with Gasteiger partial charge in [-0.2, -0.15) is 0 Å². The van der Waals surface area contributed by atoms with Crippen molar-refractivity contribution in [3.63, 3.8) is 0 Å². The lowest BCUT2D eigenvalue weighted by Crippen LogP contribution is -2.33. The Balaban J connectivity index is 2.08. The van der Waals surface area contributed by atoms with Crippen LogP contribution in [-0.2, 0) is 14.8 Å². The van der Waals surface area contributed by atoms with E-state index in [0.29, 0.717) is 0 Å². The van der Waals surface area contributed by atoms with E-state index in [9.17, 15) is 13.2 Å². The summed E-state index contributed by atoms with van der Waals surface area (Å²) in [5.74, 6) is -1.58. The molecule has 0 fully saturated rings. The lowest BCUT2D eigenvalue weighted by molar-refractivity contribution is -0.140. The summed E-state index contributed by atoms with van der Waals surface area (Å²) < 4.78 is 26.3. The number of hydrogen-bond donors (Lipinski definition) is 2. The Morgan fingerprint density at radius 1 is 1.44 bits per heavy atom. The van der Waals surface area contributed by atoms with E-state index < -0.39 is 28.0 Å². The summed E-state index contributed by atoms with van der Waals surface area (Å²) in [5.41, 5.74) is 0. The van der Waals surface area contributed by atoms with Crippen LogP contribution in [0.1, 0.15) is 6.42 Å². The number of carbonyl (C=O) groups is 1. The number of aromatic nitrogens is 1. The molecule has 2 N–H and O–H groups in total. The third-order valence-corrected chi connectivity index (χ3v) is 4.13. The molecule has 2 rings (SSSR count). The molecule has 18 heavy (non-hydrogen) atoms. The Morgan fingerprint density at radius 2 is 2.22 bits per heavy atom. The summed E-state index contributed by atoms with van der Waals surface area (Å²) in [6.45, 7) is 0. The number of pyridine rings is 1. The molecule has 2 unspecified atom stereocenters. The largest absolute Gasteiger partial charge is 0.481 e. The molecule has 0 bridgehead atoms. The predicted molar refractivity (Wildman–Crippen MR) is 63.2 cm³/mol. The van der Waals surface area contributed by atoms with Gasteiger partial charge in [-0.05, 0) is 18.6 Å². The van der Waals surface area contributed by atoms with Gasteiger partial charge in [-0.25, -0.2) is 13.1 Å². The van der Waals surface area contributed by atoms with E-state index in [1.807, 2.05) is 0 Å². The van der Waals surface area contributed by atoms with E-state index in [2.05, 4.69) is 9.71 Å². The predicted octanol–water partition coefficient (Wildman–Crippen LogP) is 0.389. The first kappa shape index (κ1) is 12.7. The molecule has 0 saturated carbocycles. The number of carboxylic acids is 1. The molecule has 1 heterocycles. The van der Waals surface area contributed by atoms with Gasteiger partial charge in [0.2, 0.25) is 10.0 Å². The third kappa shape index (κ3) is 2.74. The first-order valence-corrected chi connectivity index (χ1v) is 6.81. The number of sulfonamides is 1. The Bertz CT molecular complexity index is 568. The number of hydrogen-bond acceptors (Lipinski definition) is 4. The second kappa shape index (κ2) is 4.87. The summed E-state index contributed by atoms with van der Waals surface area (Å²) in [6, 6.07) is 2.47. The summed E-state index contributed by atoms with van der Waals surface area (Å²) in [6.07, 6.45) is 6.02. The van der Waals surface area contributed by atoms with Crippen LogP contribution in [0.5, 0.6) is 0 Å². The fraction of sp³-hybridized carbons (Fsp3) is 0.273. The highest BCUT2D eigenvalue weighted by molar-refractivity contribution is 7.89. The Hall–Kier alpha value is -1.73. The molecule has 2 atom stereocenters. The number of aliphatic carboxylic acids is 1. The zero-order chi connectivity index (χ0) is 13.2. The van der Waals surface area contributed by atoms with Crippen molar-refractivity contribution in [1.82, 2.24) is 9.71 Å². The molecule has 1 aliphatic rings. The van der Waals surface area contributed by atoms with Crippen LogP contribution in [0.25, 0.3) is 0 Å². The number of nitrogens with one attached hydrogen (secondary N) is 1. The summed E-state index contributed by atoms with van der Waals surface area (Å²) >= 11 is 0. The van der Waals surface area contributed by atoms with Crippen LogP contribution in [0.3, 0.4) is 0 Å². The van der Waals surface area contributed by atoms with Crippen molar-refractivity contribution in [2.45, 2.75) is 17.4 Å². The second-order valence-electron chi connectivity index (χ2n) is 3.98. The molecule has 96 valence electrons. The molecule has 0 amide bonds. The molecule has 0 aliphatic heterocycles. The Kier molecular flexibility index (Phi) is 3.44. The van der Waals surface area contributed by atoms with Gasteiger partial charge >= 0.3 is 5.97 Å². The van der Waals surface area contributed by atoms with E-state index in [4.69, 9.17) is 5.11 Å². The van der Waals surface area contributed by atoms with Crippen molar-refractivity contribution < 1.29 is 18.3 Å². The maximum atomic E-state index is 11.9. The molecular weight excluding hydrogens is 256 g/mol. The lowest BCUT2D eigenvalue weighted by Gasteiger charge is -2.12. The number of carboxylic acid groups (broad SMARTS) is 1. The fourth-order valence-electron chi connectivity index (χ4n) is 1.74. The minimum Gasteiger partial charge on any atom is -0.481 e. The van der Waals surface area contributed by atoms with Gasteiger partial charge in [0.1, 0.15) is 4.90 Å². The third-order valence-electron chi connectivity index (χ3n) is 2.65. The molecule has 1 aromatic heterocycles. The standard InChI is InChI=1S/C11H12N2O4S/c14-11(15)8-3-4-9(6-8)13-18(16,17)10-2-1-5-12-7-10/h1-5,7-9,13H,6H2,(H,14,15). The molecule has 0 aromatic carbocycles. The average Bonchev–Trinajstić information content (AvgIpc) is 2.78. The molecule has 0 radical (unpaired) electrons. The van der Waals surface area contributed by atoms with Gasteiger partial charge in [-0.15, -0.1) is 0 Å². The molecular formula is C11H12N2O4S. The number of rotatable bonds is 4. The van der Waals surface area contributed by atoms with Crippen molar-refractivity contribution in [2.24, 2.45) is 5.92 Å². The van der Waals surface area contributed by atoms with E-state index >= 15 is 0 Å². The second-order valence-corrected chi connectivity index (χ2v) is 5.70. The summed E-state index contributed by atoms with van der Waals surface area (Å²) in [7, 11) is -3.65. The van der Waals surface area contributed by atoms with Crippen LogP contribution in [0.15, 0.2) is 41.6 Å². The van der Waals surface area contributed by atoms with Gasteiger partial charge in [-0.1, -0.05) is 12.2 Å². The smallest absolute Gasteiger partial charge is 0.310 e. The van der Waals surface area contributed by atoms with Crippen molar-refractivity contribution in [3.05, 3.63) is 36.7 Å². The van der Waals surface area contributed by atoms with Gasteiger partial charge in [0.25, 0.3) is 0 Å². The van der Waals surface area contributed by atoms with Crippen molar-refractivity contribution in [2.75, 3.05) is 0 Å². The molecule has 7 heteroatoms. The molecule has 0 spiro atoms. The quantitative estimate of drug-likeness (QED) is 0.770. The average molecular weight is 268 g/mol. The van der Waals surface area contributed by atoms with E-state index in [1.54, 1.807) is 6.08 Å². The molecule has 1 aromatic rings. The maximum absolute atomic E-state index is 11.9. The fourth-order valence-corrected chi connectivity index (χ4v) is 2.91. The van der Waals surface area contributed by atoms with Crippen LogP contribution in [0.2, 0.25) is 0 Å². The van der Waals surface area contributed by atoms with Crippen molar-refractivity contribution in [3.8, 4) is 0 Å². The molecule has 1 aliphatic carbocycles.